The molecule has 82 valence electrons. The number of hydrogen-bond acceptors (Lipinski definition) is 3. The molecule has 1 aliphatic carbocycles. The third kappa shape index (κ3) is 6.15. The Morgan fingerprint density at radius 1 is 1.50 bits per heavy atom. The Morgan fingerprint density at radius 2 is 2.14 bits per heavy atom. The van der Waals surface area contributed by atoms with E-state index in [1.54, 1.807) is 0 Å². The van der Waals surface area contributed by atoms with Crippen LogP contribution in [0.2, 0.25) is 0 Å². The molecule has 1 rings (SSSR count). The average molecular weight is 236 g/mol. The monoisotopic (exact) mass is 236 g/mol. The van der Waals surface area contributed by atoms with Gasteiger partial charge in [0.2, 0.25) is 0 Å². The van der Waals surface area contributed by atoms with Gasteiger partial charge in [-0.3, -0.25) is 0 Å². The molecule has 0 aromatic rings. The van der Waals surface area contributed by atoms with Crippen molar-refractivity contribution in [3.63, 3.8) is 0 Å². The lowest BCUT2D eigenvalue weighted by Gasteiger charge is -2.08. The largest absolute Gasteiger partial charge is 0.363 e. The number of hydrogen-bond donors (Lipinski definition) is 2. The molecule has 0 spiro atoms. The summed E-state index contributed by atoms with van der Waals surface area (Å²) in [6.07, 6.45) is 4.22. The standard InChI is InChI=1S/C8H16N2O2S2/c1-14(11,12)6-2-5-9-8(13)10-7-3-4-7/h7H,2-6H2,1H3,(H2,9,10,13). The van der Waals surface area contributed by atoms with Crippen LogP contribution in [-0.4, -0.2) is 38.1 Å². The summed E-state index contributed by atoms with van der Waals surface area (Å²) < 4.78 is 21.6. The molecule has 0 aliphatic heterocycles. The second kappa shape index (κ2) is 4.93. The van der Waals surface area contributed by atoms with Crippen LogP contribution in [0.3, 0.4) is 0 Å². The van der Waals surface area contributed by atoms with E-state index in [4.69, 9.17) is 12.2 Å². The Labute approximate surface area is 90.4 Å². The molecule has 0 atom stereocenters. The van der Waals surface area contributed by atoms with Gasteiger partial charge in [0.05, 0.1) is 5.75 Å². The molecule has 14 heavy (non-hydrogen) atoms. The van der Waals surface area contributed by atoms with E-state index in [9.17, 15) is 8.42 Å². The van der Waals surface area contributed by atoms with Crippen molar-refractivity contribution in [1.82, 2.24) is 10.6 Å². The van der Waals surface area contributed by atoms with Gasteiger partial charge < -0.3 is 10.6 Å². The molecule has 6 heteroatoms. The van der Waals surface area contributed by atoms with Crippen molar-refractivity contribution < 1.29 is 8.42 Å². The van der Waals surface area contributed by atoms with E-state index in [1.807, 2.05) is 0 Å². The molecular formula is C8H16N2O2S2. The Morgan fingerprint density at radius 3 is 2.64 bits per heavy atom. The Kier molecular flexibility index (Phi) is 4.12. The van der Waals surface area contributed by atoms with Crippen molar-refractivity contribution in [3.05, 3.63) is 0 Å². The van der Waals surface area contributed by atoms with Crippen LogP contribution >= 0.6 is 12.2 Å². The highest BCUT2D eigenvalue weighted by Gasteiger charge is 2.21. The summed E-state index contributed by atoms with van der Waals surface area (Å²) in [5, 5.41) is 6.74. The lowest BCUT2D eigenvalue weighted by atomic mass is 10.5. The molecule has 0 unspecified atom stereocenters. The summed E-state index contributed by atoms with van der Waals surface area (Å²) in [5.41, 5.74) is 0. The molecule has 0 heterocycles. The average Bonchev–Trinajstić information content (AvgIpc) is 2.80. The van der Waals surface area contributed by atoms with Crippen molar-refractivity contribution >= 4 is 27.2 Å². The van der Waals surface area contributed by atoms with Gasteiger partial charge in [-0.05, 0) is 31.5 Å². The van der Waals surface area contributed by atoms with E-state index >= 15 is 0 Å². The smallest absolute Gasteiger partial charge is 0.166 e. The molecule has 0 aromatic heterocycles. The second-order valence-electron chi connectivity index (χ2n) is 3.66. The fourth-order valence-electron chi connectivity index (χ4n) is 1.00. The fraction of sp³-hybridized carbons (Fsp3) is 0.875. The van der Waals surface area contributed by atoms with Crippen molar-refractivity contribution in [2.45, 2.75) is 25.3 Å². The zero-order chi connectivity index (χ0) is 10.6. The maximum absolute atomic E-state index is 10.8. The van der Waals surface area contributed by atoms with Crippen molar-refractivity contribution in [3.8, 4) is 0 Å². The van der Waals surface area contributed by atoms with Gasteiger partial charge in [0.1, 0.15) is 9.84 Å². The summed E-state index contributed by atoms with van der Waals surface area (Å²) in [4.78, 5) is 0. The fourth-order valence-corrected chi connectivity index (χ4v) is 1.94. The summed E-state index contributed by atoms with van der Waals surface area (Å²) in [7, 11) is -2.84. The van der Waals surface area contributed by atoms with E-state index in [1.165, 1.54) is 19.1 Å². The minimum Gasteiger partial charge on any atom is -0.363 e. The molecule has 0 radical (unpaired) electrons. The third-order valence-electron chi connectivity index (χ3n) is 1.89. The number of sulfone groups is 1. The van der Waals surface area contributed by atoms with Crippen LogP contribution in [0.1, 0.15) is 19.3 Å². The molecule has 0 bridgehead atoms. The molecule has 1 saturated carbocycles. The molecule has 2 N–H and O–H groups in total. The van der Waals surface area contributed by atoms with Gasteiger partial charge in [0.15, 0.2) is 5.11 Å². The van der Waals surface area contributed by atoms with Gasteiger partial charge in [0, 0.05) is 18.8 Å². The lowest BCUT2D eigenvalue weighted by Crippen LogP contribution is -2.37. The van der Waals surface area contributed by atoms with Gasteiger partial charge in [-0.15, -0.1) is 0 Å². The van der Waals surface area contributed by atoms with Gasteiger partial charge in [0.25, 0.3) is 0 Å². The Balaban J connectivity index is 2.00. The van der Waals surface area contributed by atoms with E-state index in [0.29, 0.717) is 24.1 Å². The topological polar surface area (TPSA) is 58.2 Å². The predicted octanol–water partition coefficient (Wildman–Crippen LogP) is 0.0476. The van der Waals surface area contributed by atoms with Gasteiger partial charge in [-0.2, -0.15) is 0 Å². The summed E-state index contributed by atoms with van der Waals surface area (Å²) in [6.45, 7) is 0.617. The normalized spacial score (nSPS) is 16.4. The third-order valence-corrected chi connectivity index (χ3v) is 3.18. The SMILES string of the molecule is CS(=O)(=O)CCCNC(=S)NC1CC1. The maximum Gasteiger partial charge on any atom is 0.166 e. The molecular weight excluding hydrogens is 220 g/mol. The molecule has 0 saturated heterocycles. The minimum absolute atomic E-state index is 0.214. The first-order valence-electron chi connectivity index (χ1n) is 4.69. The van der Waals surface area contributed by atoms with Crippen molar-refractivity contribution in [2.75, 3.05) is 18.6 Å². The molecule has 0 aromatic carbocycles. The van der Waals surface area contributed by atoms with E-state index in [2.05, 4.69) is 10.6 Å². The van der Waals surface area contributed by atoms with E-state index in [-0.39, 0.29) is 5.75 Å². The van der Waals surface area contributed by atoms with E-state index in [0.717, 1.165) is 0 Å². The first-order chi connectivity index (χ1) is 6.47. The molecule has 4 nitrogen and oxygen atoms in total. The van der Waals surface area contributed by atoms with Crippen LogP contribution in [0, 0.1) is 0 Å². The summed E-state index contributed by atoms with van der Waals surface area (Å²) in [6, 6.07) is 0.546. The quantitative estimate of drug-likeness (QED) is 0.522. The Hall–Kier alpha value is -0.360. The zero-order valence-corrected chi connectivity index (χ0v) is 9.88. The zero-order valence-electron chi connectivity index (χ0n) is 8.25. The minimum atomic E-state index is -2.84. The second-order valence-corrected chi connectivity index (χ2v) is 6.33. The van der Waals surface area contributed by atoms with Crippen LogP contribution in [0.5, 0.6) is 0 Å². The van der Waals surface area contributed by atoms with Crippen LogP contribution in [0.25, 0.3) is 0 Å². The molecule has 1 fully saturated rings. The van der Waals surface area contributed by atoms with Gasteiger partial charge >= 0.3 is 0 Å². The van der Waals surface area contributed by atoms with Crippen LogP contribution < -0.4 is 10.6 Å². The van der Waals surface area contributed by atoms with Crippen molar-refractivity contribution in [2.24, 2.45) is 0 Å². The number of rotatable bonds is 5. The Bertz CT molecular complexity index is 296. The highest BCUT2D eigenvalue weighted by atomic mass is 32.2. The highest BCUT2D eigenvalue weighted by Crippen LogP contribution is 2.18. The first kappa shape index (κ1) is 11.7. The molecule has 0 amide bonds. The lowest BCUT2D eigenvalue weighted by molar-refractivity contribution is 0.598. The number of thiocarbonyl (C=S) groups is 1. The summed E-state index contributed by atoms with van der Waals surface area (Å²) in [5.74, 6) is 0.214. The molecule has 1 aliphatic rings. The van der Waals surface area contributed by atoms with Gasteiger partial charge in [-0.25, -0.2) is 8.42 Å². The summed E-state index contributed by atoms with van der Waals surface area (Å²) >= 11 is 5.01. The van der Waals surface area contributed by atoms with E-state index < -0.39 is 9.84 Å². The first-order valence-corrected chi connectivity index (χ1v) is 7.16. The number of nitrogens with one attached hydrogen (secondary N) is 2. The van der Waals surface area contributed by atoms with Crippen LogP contribution in [0.15, 0.2) is 0 Å². The van der Waals surface area contributed by atoms with Crippen LogP contribution in [0.4, 0.5) is 0 Å². The van der Waals surface area contributed by atoms with Gasteiger partial charge in [-0.1, -0.05) is 0 Å². The predicted molar refractivity (Wildman–Crippen MR) is 61.1 cm³/mol. The maximum atomic E-state index is 10.8. The van der Waals surface area contributed by atoms with Crippen molar-refractivity contribution in [1.29, 1.82) is 0 Å². The highest BCUT2D eigenvalue weighted by molar-refractivity contribution is 7.90. The van der Waals surface area contributed by atoms with Crippen LogP contribution in [-0.2, 0) is 9.84 Å².